The Labute approximate surface area is 159 Å². The van der Waals surface area contributed by atoms with Crippen molar-refractivity contribution in [3.63, 3.8) is 0 Å². The molecule has 0 fully saturated rings. The van der Waals surface area contributed by atoms with Gasteiger partial charge in [-0.05, 0) is 0 Å². The van der Waals surface area contributed by atoms with Gasteiger partial charge >= 0.3 is 0 Å². The lowest BCUT2D eigenvalue weighted by atomic mass is 10.6. The second-order valence-corrected chi connectivity index (χ2v) is 5.39. The molecule has 1 aromatic rings. The van der Waals surface area contributed by atoms with Crippen molar-refractivity contribution >= 4 is 17.8 Å². The molecule has 156 valence electrons. The maximum absolute atomic E-state index is 9.35. The summed E-state index contributed by atoms with van der Waals surface area (Å²) in [7, 11) is 7.82. The molecule has 12 nitrogen and oxygen atoms in total. The molecule has 0 saturated heterocycles. The largest absolute Gasteiger partial charge is 0.395 e. The Balaban J connectivity index is 3.38. The van der Waals surface area contributed by atoms with Crippen molar-refractivity contribution in [3.8, 4) is 0 Å². The Bertz CT molecular complexity index is 424. The summed E-state index contributed by atoms with van der Waals surface area (Å²) >= 11 is 0. The number of hydrogen-bond donors (Lipinski definition) is 1. The molecule has 1 heterocycles. The van der Waals surface area contributed by atoms with Gasteiger partial charge in [0.1, 0.15) is 33.7 Å². The number of aliphatic hydroxyl groups is 1. The van der Waals surface area contributed by atoms with E-state index in [1.807, 2.05) is 0 Å². The highest BCUT2D eigenvalue weighted by Crippen LogP contribution is 2.19. The molecule has 0 aromatic carbocycles. The summed E-state index contributed by atoms with van der Waals surface area (Å²) in [5.41, 5.74) is 0. The first-order chi connectivity index (χ1) is 13.1. The molecule has 0 amide bonds. The molecule has 0 atom stereocenters. The minimum Gasteiger partial charge on any atom is -0.395 e. The molecule has 0 spiro atoms. The minimum atomic E-state index is -0.0839. The third-order valence-corrected chi connectivity index (χ3v) is 3.24. The van der Waals surface area contributed by atoms with E-state index in [9.17, 15) is 5.11 Å². The fourth-order valence-electron chi connectivity index (χ4n) is 2.20. The van der Waals surface area contributed by atoms with E-state index in [0.29, 0.717) is 24.4 Å². The van der Waals surface area contributed by atoms with Crippen molar-refractivity contribution < 1.29 is 28.8 Å². The van der Waals surface area contributed by atoms with Gasteiger partial charge in [0.2, 0.25) is 17.8 Å². The van der Waals surface area contributed by atoms with Crippen LogP contribution in [0.15, 0.2) is 0 Å². The van der Waals surface area contributed by atoms with Gasteiger partial charge in [-0.25, -0.2) is 0 Å². The van der Waals surface area contributed by atoms with Crippen LogP contribution in [0.4, 0.5) is 17.8 Å². The summed E-state index contributed by atoms with van der Waals surface area (Å²) < 4.78 is 26.0. The van der Waals surface area contributed by atoms with Crippen LogP contribution >= 0.6 is 0 Å². The SMILES string of the molecule is COCN(CCO)c1nc(N(COC)COC)nc(N(COC)COC)n1. The van der Waals surface area contributed by atoms with Crippen molar-refractivity contribution in [2.75, 3.05) is 97.1 Å². The lowest BCUT2D eigenvalue weighted by Crippen LogP contribution is -2.36. The van der Waals surface area contributed by atoms with Gasteiger partial charge in [-0.3, -0.25) is 9.80 Å². The average Bonchev–Trinajstić information content (AvgIpc) is 2.67. The second kappa shape index (κ2) is 13.4. The van der Waals surface area contributed by atoms with E-state index < -0.39 is 0 Å². The van der Waals surface area contributed by atoms with Gasteiger partial charge in [0.05, 0.1) is 6.61 Å². The number of anilines is 3. The van der Waals surface area contributed by atoms with E-state index in [1.165, 1.54) is 0 Å². The standard InChI is InChI=1S/C15H30N6O6/c1-23-8-19(6-7-22)13-16-14(20(9-24-2)10-25-3)18-15(17-13)21(11-26-4)12-27-5/h22H,6-12H2,1-5H3. The first-order valence-electron chi connectivity index (χ1n) is 8.21. The lowest BCUT2D eigenvalue weighted by Gasteiger charge is -2.27. The van der Waals surface area contributed by atoms with Crippen molar-refractivity contribution in [3.05, 3.63) is 0 Å². The molecule has 12 heteroatoms. The second-order valence-electron chi connectivity index (χ2n) is 5.39. The molecule has 0 radical (unpaired) electrons. The molecular weight excluding hydrogens is 360 g/mol. The summed E-state index contributed by atoms with van der Waals surface area (Å²) in [6, 6.07) is 0. The zero-order valence-electron chi connectivity index (χ0n) is 16.6. The van der Waals surface area contributed by atoms with Crippen LogP contribution in [0.25, 0.3) is 0 Å². The molecule has 1 aromatic heterocycles. The molecular formula is C15H30N6O6. The van der Waals surface area contributed by atoms with Crippen LogP contribution in [-0.2, 0) is 23.7 Å². The molecule has 0 aliphatic carbocycles. The zero-order chi connectivity index (χ0) is 20.1. The van der Waals surface area contributed by atoms with Crippen LogP contribution in [0, 0.1) is 0 Å². The summed E-state index contributed by atoms with van der Waals surface area (Å²) in [4.78, 5) is 18.5. The van der Waals surface area contributed by atoms with E-state index in [2.05, 4.69) is 15.0 Å². The molecule has 0 aliphatic heterocycles. The summed E-state index contributed by atoms with van der Waals surface area (Å²) in [5, 5.41) is 9.35. The van der Waals surface area contributed by atoms with Gasteiger partial charge in [0.15, 0.2) is 0 Å². The van der Waals surface area contributed by atoms with Gasteiger partial charge in [-0.15, -0.1) is 0 Å². The number of hydrogen-bond acceptors (Lipinski definition) is 12. The van der Waals surface area contributed by atoms with Crippen LogP contribution in [0.5, 0.6) is 0 Å². The molecule has 1 N–H and O–H groups in total. The predicted molar refractivity (Wildman–Crippen MR) is 98.6 cm³/mol. The maximum atomic E-state index is 9.35. The van der Waals surface area contributed by atoms with Crippen molar-refractivity contribution in [2.24, 2.45) is 0 Å². The van der Waals surface area contributed by atoms with Gasteiger partial charge in [-0.2, -0.15) is 15.0 Å². The van der Waals surface area contributed by atoms with Crippen LogP contribution in [0.3, 0.4) is 0 Å². The van der Waals surface area contributed by atoms with Crippen LogP contribution in [0.1, 0.15) is 0 Å². The quantitative estimate of drug-likeness (QED) is 0.382. The number of aliphatic hydroxyl groups excluding tert-OH is 1. The van der Waals surface area contributed by atoms with E-state index >= 15 is 0 Å². The normalized spacial score (nSPS) is 10.9. The number of nitrogens with zero attached hydrogens (tertiary/aromatic N) is 6. The Morgan fingerprint density at radius 3 is 1.19 bits per heavy atom. The highest BCUT2D eigenvalue weighted by molar-refractivity contribution is 5.46. The highest BCUT2D eigenvalue weighted by atomic mass is 16.5. The zero-order valence-corrected chi connectivity index (χ0v) is 16.6. The predicted octanol–water partition coefficient (Wildman–Crippen LogP) is -0.697. The fourth-order valence-corrected chi connectivity index (χ4v) is 2.20. The molecule has 0 bridgehead atoms. The summed E-state index contributed by atoms with van der Waals surface area (Å²) in [5.74, 6) is 1.02. The molecule has 0 unspecified atom stereocenters. The third-order valence-electron chi connectivity index (χ3n) is 3.24. The topological polar surface area (TPSA) is 115 Å². The maximum Gasteiger partial charge on any atom is 0.235 e. The van der Waals surface area contributed by atoms with Crippen LogP contribution < -0.4 is 14.7 Å². The molecule has 0 aliphatic rings. The summed E-state index contributed by atoms with van der Waals surface area (Å²) in [6.45, 7) is 1.28. The Morgan fingerprint density at radius 1 is 0.593 bits per heavy atom. The van der Waals surface area contributed by atoms with E-state index in [0.717, 1.165) is 0 Å². The number of rotatable bonds is 15. The Morgan fingerprint density at radius 2 is 0.889 bits per heavy atom. The van der Waals surface area contributed by atoms with Gasteiger partial charge in [0, 0.05) is 42.1 Å². The molecule has 0 saturated carbocycles. The van der Waals surface area contributed by atoms with Gasteiger partial charge in [0.25, 0.3) is 0 Å². The minimum absolute atomic E-state index is 0.0839. The van der Waals surface area contributed by atoms with E-state index in [4.69, 9.17) is 23.7 Å². The number of methoxy groups -OCH3 is 5. The van der Waals surface area contributed by atoms with Crippen molar-refractivity contribution in [1.82, 2.24) is 15.0 Å². The van der Waals surface area contributed by atoms with Crippen LogP contribution in [0.2, 0.25) is 0 Å². The van der Waals surface area contributed by atoms with Gasteiger partial charge < -0.3 is 33.7 Å². The Kier molecular flexibility index (Phi) is 11.5. The smallest absolute Gasteiger partial charge is 0.235 e. The molecule has 1 rings (SSSR count). The molecule has 27 heavy (non-hydrogen) atoms. The van der Waals surface area contributed by atoms with Crippen molar-refractivity contribution in [1.29, 1.82) is 0 Å². The number of aromatic nitrogens is 3. The first kappa shape index (κ1) is 23.2. The Hall–Kier alpha value is -1.83. The monoisotopic (exact) mass is 390 g/mol. The average molecular weight is 390 g/mol. The summed E-state index contributed by atoms with van der Waals surface area (Å²) in [6.07, 6.45) is 0. The van der Waals surface area contributed by atoms with Crippen LogP contribution in [-0.4, -0.2) is 102 Å². The van der Waals surface area contributed by atoms with E-state index in [-0.39, 0.29) is 40.3 Å². The van der Waals surface area contributed by atoms with Crippen molar-refractivity contribution in [2.45, 2.75) is 0 Å². The van der Waals surface area contributed by atoms with Gasteiger partial charge in [-0.1, -0.05) is 0 Å². The lowest BCUT2D eigenvalue weighted by molar-refractivity contribution is 0.136. The number of ether oxygens (including phenoxy) is 5. The first-order valence-corrected chi connectivity index (χ1v) is 8.21. The fraction of sp³-hybridized carbons (Fsp3) is 0.800. The third kappa shape index (κ3) is 7.36. The van der Waals surface area contributed by atoms with E-state index in [1.54, 1.807) is 50.2 Å². The highest BCUT2D eigenvalue weighted by Gasteiger charge is 2.20.